The largest absolute Gasteiger partial charge is 0.458 e. The van der Waals surface area contributed by atoms with Crippen molar-refractivity contribution in [1.82, 2.24) is 0 Å². The molecule has 2 bridgehead atoms. The van der Waals surface area contributed by atoms with Gasteiger partial charge in [0.15, 0.2) is 0 Å². The number of hydrogen-bond donors (Lipinski definition) is 1. The molecule has 2 saturated carbocycles. The number of carbonyl (C=O) groups is 2. The lowest BCUT2D eigenvalue weighted by Gasteiger charge is -2.68. The number of allylic oxidation sites excluding steroid dienone is 1. The molecule has 5 aliphatic rings. The van der Waals surface area contributed by atoms with Gasteiger partial charge in [0.1, 0.15) is 17.0 Å². The van der Waals surface area contributed by atoms with Gasteiger partial charge in [-0.1, -0.05) is 65.4 Å². The molecule has 1 spiro atoms. The summed E-state index contributed by atoms with van der Waals surface area (Å²) in [4.78, 5) is 27.7. The number of ether oxygens (including phenoxy) is 2. The van der Waals surface area contributed by atoms with Gasteiger partial charge in [-0.25, -0.2) is 0 Å². The Balaban J connectivity index is 1.85. The van der Waals surface area contributed by atoms with E-state index in [1.54, 1.807) is 0 Å². The van der Waals surface area contributed by atoms with Crippen LogP contribution in [0, 0.1) is 34.5 Å². The van der Waals surface area contributed by atoms with Gasteiger partial charge >= 0.3 is 5.97 Å². The first kappa shape index (κ1) is 23.7. The van der Waals surface area contributed by atoms with Crippen LogP contribution in [0.1, 0.15) is 60.8 Å². The first-order valence-electron chi connectivity index (χ1n) is 12.8. The molecule has 2 aliphatic heterocycles. The van der Waals surface area contributed by atoms with Gasteiger partial charge in [-0.05, 0) is 31.2 Å². The van der Waals surface area contributed by atoms with E-state index in [0.717, 1.165) is 6.42 Å². The monoisotopic (exact) mass is 474 g/mol. The lowest BCUT2D eigenvalue weighted by Crippen LogP contribution is -2.76. The molecule has 0 aromatic heterocycles. The van der Waals surface area contributed by atoms with E-state index in [4.69, 9.17) is 9.47 Å². The predicted molar refractivity (Wildman–Crippen MR) is 129 cm³/mol. The molecule has 1 N–H and O–H groups in total. The fourth-order valence-corrected chi connectivity index (χ4v) is 11.8. The van der Waals surface area contributed by atoms with E-state index < -0.39 is 30.1 Å². The summed E-state index contributed by atoms with van der Waals surface area (Å²) in [7, 11) is -1.68. The lowest BCUT2D eigenvalue weighted by molar-refractivity contribution is -0.324. The first-order valence-corrected chi connectivity index (χ1v) is 16.4. The highest BCUT2D eigenvalue weighted by molar-refractivity contribution is 6.78. The normalized spacial score (nSPS) is 51.0. The highest BCUT2D eigenvalue weighted by Gasteiger charge is 2.76. The van der Waals surface area contributed by atoms with Crippen LogP contribution in [-0.2, 0) is 19.1 Å². The zero-order chi connectivity index (χ0) is 24.5. The van der Waals surface area contributed by atoms with Crippen molar-refractivity contribution in [3.05, 3.63) is 11.1 Å². The second kappa shape index (κ2) is 6.61. The third-order valence-corrected chi connectivity index (χ3v) is 13.8. The number of Topliss-reactive ketones (excluding diaryl/α,β-unsaturated/α-hetero) is 1. The van der Waals surface area contributed by atoms with Crippen molar-refractivity contribution in [3.8, 4) is 0 Å². The van der Waals surface area contributed by atoms with Crippen LogP contribution in [-0.4, -0.2) is 48.8 Å². The van der Waals surface area contributed by atoms with Gasteiger partial charge < -0.3 is 14.6 Å². The van der Waals surface area contributed by atoms with Gasteiger partial charge in [0, 0.05) is 28.6 Å². The summed E-state index contributed by atoms with van der Waals surface area (Å²) in [5, 5.41) is 12.1. The van der Waals surface area contributed by atoms with E-state index in [-0.39, 0.29) is 54.6 Å². The van der Waals surface area contributed by atoms with E-state index >= 15 is 0 Å². The van der Waals surface area contributed by atoms with Crippen LogP contribution in [0.15, 0.2) is 11.1 Å². The average Bonchev–Trinajstić information content (AvgIpc) is 3.01. The fourth-order valence-electron chi connectivity index (χ4n) is 9.38. The summed E-state index contributed by atoms with van der Waals surface area (Å²) >= 11 is 0. The first-order chi connectivity index (χ1) is 15.0. The highest BCUT2D eigenvalue weighted by atomic mass is 28.3. The zero-order valence-electron chi connectivity index (χ0n) is 21.9. The van der Waals surface area contributed by atoms with Crippen LogP contribution >= 0.6 is 0 Å². The number of ketones is 1. The number of fused-ring (bicyclic) bond motifs is 5. The van der Waals surface area contributed by atoms with Gasteiger partial charge in [0.05, 0.1) is 27.2 Å². The molecular weight excluding hydrogens is 432 g/mol. The number of esters is 1. The highest BCUT2D eigenvalue weighted by Crippen LogP contribution is 2.71. The van der Waals surface area contributed by atoms with Crippen LogP contribution in [0.4, 0.5) is 0 Å². The number of rotatable bonds is 1. The topological polar surface area (TPSA) is 72.8 Å². The third-order valence-electron chi connectivity index (χ3n) is 11.1. The van der Waals surface area contributed by atoms with Gasteiger partial charge in [-0.3, -0.25) is 9.59 Å². The van der Waals surface area contributed by atoms with Crippen molar-refractivity contribution in [2.45, 2.75) is 103 Å². The third kappa shape index (κ3) is 2.61. The summed E-state index contributed by atoms with van der Waals surface area (Å²) in [5.41, 5.74) is -0.127. The summed E-state index contributed by atoms with van der Waals surface area (Å²) in [6.07, 6.45) is 1.48. The second-order valence-corrected chi connectivity index (χ2v) is 19.2. The molecule has 6 heteroatoms. The Kier molecular flexibility index (Phi) is 4.76. The fraction of sp³-hybridized carbons (Fsp3) is 0.852. The molecule has 5 rings (SSSR count). The second-order valence-electron chi connectivity index (χ2n) is 13.8. The van der Waals surface area contributed by atoms with Crippen LogP contribution < -0.4 is 0 Å². The van der Waals surface area contributed by atoms with Crippen LogP contribution in [0.2, 0.25) is 25.2 Å². The molecule has 2 saturated heterocycles. The summed E-state index contributed by atoms with van der Waals surface area (Å²) < 4.78 is 12.4. The quantitative estimate of drug-likeness (QED) is 0.337. The Bertz CT molecular complexity index is 962. The maximum atomic E-state index is 14.5. The summed E-state index contributed by atoms with van der Waals surface area (Å²) in [6.45, 7) is 20.3. The van der Waals surface area contributed by atoms with Crippen LogP contribution in [0.3, 0.4) is 0 Å². The summed E-state index contributed by atoms with van der Waals surface area (Å²) in [6, 6.07) is 0. The van der Waals surface area contributed by atoms with Crippen LogP contribution in [0.5, 0.6) is 0 Å². The zero-order valence-corrected chi connectivity index (χ0v) is 22.9. The van der Waals surface area contributed by atoms with E-state index in [1.807, 2.05) is 0 Å². The van der Waals surface area contributed by atoms with Gasteiger partial charge in [0.25, 0.3) is 0 Å². The van der Waals surface area contributed by atoms with Gasteiger partial charge in [-0.15, -0.1) is 0 Å². The standard InChI is InChI=1S/C27H42O5Si/c1-14-10-19-26(30,13-31-19)22-17-11-20(28)32-27(17)12-18(33(7,8)9)15(2)21(24(27,4)5)16(3)23(29)25(14,22)6/h14,16-19,22,30H,10-13H2,1-9H3/t14-,16+,17-,18-,19+,22-,25+,26-,27+/m0/s1. The molecule has 4 fully saturated rings. The van der Waals surface area contributed by atoms with Crippen LogP contribution in [0.25, 0.3) is 0 Å². The minimum atomic E-state index is -1.68. The van der Waals surface area contributed by atoms with Crippen molar-refractivity contribution < 1.29 is 24.2 Å². The van der Waals surface area contributed by atoms with E-state index in [9.17, 15) is 14.7 Å². The molecule has 0 aromatic rings. The van der Waals surface area contributed by atoms with Gasteiger partial charge in [-0.2, -0.15) is 0 Å². The molecule has 184 valence electrons. The molecule has 3 aliphatic carbocycles. The van der Waals surface area contributed by atoms with Crippen molar-refractivity contribution in [2.24, 2.45) is 34.5 Å². The molecule has 5 nitrogen and oxygen atoms in total. The lowest BCUT2D eigenvalue weighted by atomic mass is 9.40. The van der Waals surface area contributed by atoms with Crippen molar-refractivity contribution in [2.75, 3.05) is 6.61 Å². The maximum absolute atomic E-state index is 14.5. The smallest absolute Gasteiger partial charge is 0.306 e. The number of carbonyl (C=O) groups excluding carboxylic acids is 2. The Hall–Kier alpha value is -0.983. The molecule has 2 heterocycles. The predicted octanol–water partition coefficient (Wildman–Crippen LogP) is 4.75. The minimum absolute atomic E-state index is 0.0615. The minimum Gasteiger partial charge on any atom is -0.458 e. The SMILES string of the molecule is CC1=C2[C@@H](C)C(=O)[C@@]3(C)[C@H]([C@@H]4CC(=O)O[C@@]4(C[C@@H]1[Si](C)(C)C)C2(C)C)[C@]1(O)CO[C@@H]1C[C@@H]3C. The molecule has 0 amide bonds. The Morgan fingerprint density at radius 2 is 1.73 bits per heavy atom. The van der Waals surface area contributed by atoms with E-state index in [0.29, 0.717) is 12.0 Å². The molecule has 0 aromatic carbocycles. The number of aliphatic hydroxyl groups is 1. The molecule has 0 radical (unpaired) electrons. The van der Waals surface area contributed by atoms with E-state index in [1.165, 1.54) is 11.1 Å². The molecule has 9 atom stereocenters. The Labute approximate surface area is 199 Å². The maximum Gasteiger partial charge on any atom is 0.306 e. The summed E-state index contributed by atoms with van der Waals surface area (Å²) in [5.74, 6) is -0.716. The Morgan fingerprint density at radius 1 is 1.09 bits per heavy atom. The van der Waals surface area contributed by atoms with Crippen molar-refractivity contribution in [3.63, 3.8) is 0 Å². The molecule has 33 heavy (non-hydrogen) atoms. The van der Waals surface area contributed by atoms with E-state index in [2.05, 4.69) is 61.2 Å². The Morgan fingerprint density at radius 3 is 2.27 bits per heavy atom. The molecular formula is C27H42O5Si. The van der Waals surface area contributed by atoms with Crippen molar-refractivity contribution >= 4 is 19.8 Å². The number of hydrogen-bond acceptors (Lipinski definition) is 5. The van der Waals surface area contributed by atoms with Gasteiger partial charge in [0.2, 0.25) is 0 Å². The van der Waals surface area contributed by atoms with Crippen molar-refractivity contribution in [1.29, 1.82) is 0 Å². The average molecular weight is 475 g/mol. The molecule has 0 unspecified atom stereocenters.